The van der Waals surface area contributed by atoms with Crippen molar-refractivity contribution in [1.29, 1.82) is 0 Å². The number of nitrogens with one attached hydrogen (secondary N) is 1. The zero-order valence-corrected chi connectivity index (χ0v) is 8.74. The predicted molar refractivity (Wildman–Crippen MR) is 55.9 cm³/mol. The van der Waals surface area contributed by atoms with Gasteiger partial charge in [-0.25, -0.2) is 4.39 Å². The molecular formula is C10H16FNS. The van der Waals surface area contributed by atoms with Crippen molar-refractivity contribution in [2.24, 2.45) is 0 Å². The van der Waals surface area contributed by atoms with E-state index in [2.05, 4.69) is 23.7 Å². The van der Waals surface area contributed by atoms with Gasteiger partial charge >= 0.3 is 0 Å². The lowest BCUT2D eigenvalue weighted by atomic mass is 10.1. The molecule has 0 aliphatic rings. The molecule has 0 spiro atoms. The third-order valence-corrected chi connectivity index (χ3v) is 2.94. The van der Waals surface area contributed by atoms with Gasteiger partial charge in [0, 0.05) is 17.5 Å². The largest absolute Gasteiger partial charge is 0.307 e. The van der Waals surface area contributed by atoms with Gasteiger partial charge in [0.15, 0.2) is 0 Å². The van der Waals surface area contributed by atoms with Gasteiger partial charge in [-0.15, -0.1) is 11.3 Å². The van der Waals surface area contributed by atoms with Crippen LogP contribution in [0.15, 0.2) is 17.5 Å². The van der Waals surface area contributed by atoms with Gasteiger partial charge in [-0.2, -0.15) is 0 Å². The maximum Gasteiger partial charge on any atom is 0.102 e. The van der Waals surface area contributed by atoms with Crippen LogP contribution in [-0.2, 0) is 0 Å². The van der Waals surface area contributed by atoms with Crippen molar-refractivity contribution in [2.45, 2.75) is 25.8 Å². The molecule has 0 bridgehead atoms. The first kappa shape index (κ1) is 10.7. The maximum atomic E-state index is 12.0. The Morgan fingerprint density at radius 2 is 2.46 bits per heavy atom. The number of halogens is 1. The van der Waals surface area contributed by atoms with E-state index in [9.17, 15) is 4.39 Å². The van der Waals surface area contributed by atoms with Crippen molar-refractivity contribution >= 4 is 11.3 Å². The molecule has 0 saturated carbocycles. The van der Waals surface area contributed by atoms with Crippen LogP contribution in [0.25, 0.3) is 0 Å². The van der Waals surface area contributed by atoms with Gasteiger partial charge in [-0.3, -0.25) is 0 Å². The van der Waals surface area contributed by atoms with Crippen LogP contribution in [0.4, 0.5) is 4.39 Å². The second kappa shape index (κ2) is 6.11. The SMILES string of the molecule is CCCC(NCCF)c1cccs1. The van der Waals surface area contributed by atoms with E-state index in [-0.39, 0.29) is 6.67 Å². The molecule has 1 N–H and O–H groups in total. The van der Waals surface area contributed by atoms with E-state index in [4.69, 9.17) is 0 Å². The van der Waals surface area contributed by atoms with E-state index in [1.807, 2.05) is 6.07 Å². The predicted octanol–water partition coefficient (Wildman–Crippen LogP) is 3.15. The Morgan fingerprint density at radius 3 is 3.00 bits per heavy atom. The van der Waals surface area contributed by atoms with Crippen LogP contribution in [-0.4, -0.2) is 13.2 Å². The van der Waals surface area contributed by atoms with Crippen LogP contribution in [0.1, 0.15) is 30.7 Å². The van der Waals surface area contributed by atoms with Crippen LogP contribution in [0.2, 0.25) is 0 Å². The summed E-state index contributed by atoms with van der Waals surface area (Å²) in [6.45, 7) is 2.33. The second-order valence-electron chi connectivity index (χ2n) is 3.00. The molecular weight excluding hydrogens is 185 g/mol. The molecule has 0 radical (unpaired) electrons. The molecule has 1 aromatic heterocycles. The normalized spacial score (nSPS) is 13.1. The van der Waals surface area contributed by atoms with E-state index in [1.165, 1.54) is 4.88 Å². The average Bonchev–Trinajstić information content (AvgIpc) is 2.65. The Labute approximate surface area is 83.0 Å². The Morgan fingerprint density at radius 1 is 1.62 bits per heavy atom. The topological polar surface area (TPSA) is 12.0 Å². The van der Waals surface area contributed by atoms with E-state index >= 15 is 0 Å². The summed E-state index contributed by atoms with van der Waals surface area (Å²) in [4.78, 5) is 1.32. The highest BCUT2D eigenvalue weighted by Crippen LogP contribution is 2.22. The standard InChI is InChI=1S/C10H16FNS/c1-2-4-9(12-7-6-11)10-5-3-8-13-10/h3,5,8-9,12H,2,4,6-7H2,1H3. The quantitative estimate of drug-likeness (QED) is 0.745. The molecule has 1 rings (SSSR count). The number of rotatable bonds is 6. The summed E-state index contributed by atoms with van der Waals surface area (Å²) in [6.07, 6.45) is 2.21. The van der Waals surface area contributed by atoms with Gasteiger partial charge < -0.3 is 5.32 Å². The maximum absolute atomic E-state index is 12.0. The average molecular weight is 201 g/mol. The molecule has 74 valence electrons. The molecule has 0 saturated heterocycles. The third-order valence-electron chi connectivity index (χ3n) is 1.95. The number of thiophene rings is 1. The van der Waals surface area contributed by atoms with Crippen molar-refractivity contribution in [3.05, 3.63) is 22.4 Å². The van der Waals surface area contributed by atoms with Gasteiger partial charge in [0.05, 0.1) is 0 Å². The number of alkyl halides is 1. The summed E-state index contributed by atoms with van der Waals surface area (Å²) in [5, 5.41) is 5.27. The third kappa shape index (κ3) is 3.44. The lowest BCUT2D eigenvalue weighted by molar-refractivity contribution is 0.423. The summed E-state index contributed by atoms with van der Waals surface area (Å²) in [5.41, 5.74) is 0. The highest BCUT2D eigenvalue weighted by molar-refractivity contribution is 7.10. The van der Waals surface area contributed by atoms with Crippen LogP contribution >= 0.6 is 11.3 Å². The van der Waals surface area contributed by atoms with E-state index in [0.29, 0.717) is 12.6 Å². The first-order chi connectivity index (χ1) is 6.38. The Bertz CT molecular complexity index is 211. The van der Waals surface area contributed by atoms with Gasteiger partial charge in [0.25, 0.3) is 0 Å². The summed E-state index contributed by atoms with van der Waals surface area (Å²) < 4.78 is 12.0. The van der Waals surface area contributed by atoms with Crippen LogP contribution in [0, 0.1) is 0 Å². The second-order valence-corrected chi connectivity index (χ2v) is 3.98. The zero-order chi connectivity index (χ0) is 9.52. The van der Waals surface area contributed by atoms with E-state index in [1.54, 1.807) is 11.3 Å². The molecule has 1 unspecified atom stereocenters. The van der Waals surface area contributed by atoms with Crippen LogP contribution in [0.5, 0.6) is 0 Å². The van der Waals surface area contributed by atoms with Gasteiger partial charge in [-0.05, 0) is 17.9 Å². The van der Waals surface area contributed by atoms with E-state index < -0.39 is 0 Å². The summed E-state index contributed by atoms with van der Waals surface area (Å²) in [6, 6.07) is 4.50. The molecule has 13 heavy (non-hydrogen) atoms. The van der Waals surface area contributed by atoms with Crippen molar-refractivity contribution in [1.82, 2.24) is 5.32 Å². The van der Waals surface area contributed by atoms with Crippen molar-refractivity contribution < 1.29 is 4.39 Å². The molecule has 0 amide bonds. The molecule has 0 aliphatic carbocycles. The van der Waals surface area contributed by atoms with Crippen molar-refractivity contribution in [3.8, 4) is 0 Å². The fraction of sp³-hybridized carbons (Fsp3) is 0.600. The molecule has 0 aliphatic heterocycles. The summed E-state index contributed by atoms with van der Waals surface area (Å²) in [5.74, 6) is 0. The molecule has 1 aromatic rings. The lowest BCUT2D eigenvalue weighted by Gasteiger charge is -2.15. The minimum absolute atomic E-state index is 0.286. The molecule has 1 nitrogen and oxygen atoms in total. The highest BCUT2D eigenvalue weighted by atomic mass is 32.1. The van der Waals surface area contributed by atoms with Gasteiger partial charge in [0.1, 0.15) is 6.67 Å². The van der Waals surface area contributed by atoms with Gasteiger partial charge in [-0.1, -0.05) is 19.4 Å². The Kier molecular flexibility index (Phi) is 5.01. The molecule has 3 heteroatoms. The molecule has 0 aromatic carbocycles. The fourth-order valence-electron chi connectivity index (χ4n) is 1.35. The Balaban J connectivity index is 2.47. The van der Waals surface area contributed by atoms with Crippen LogP contribution in [0.3, 0.4) is 0 Å². The minimum Gasteiger partial charge on any atom is -0.307 e. The summed E-state index contributed by atoms with van der Waals surface area (Å²) in [7, 11) is 0. The number of hydrogen-bond acceptors (Lipinski definition) is 2. The lowest BCUT2D eigenvalue weighted by Crippen LogP contribution is -2.22. The van der Waals surface area contributed by atoms with Gasteiger partial charge in [0.2, 0.25) is 0 Å². The fourth-order valence-corrected chi connectivity index (χ4v) is 2.19. The Hall–Kier alpha value is -0.410. The zero-order valence-electron chi connectivity index (χ0n) is 7.92. The highest BCUT2D eigenvalue weighted by Gasteiger charge is 2.09. The van der Waals surface area contributed by atoms with Crippen molar-refractivity contribution in [2.75, 3.05) is 13.2 Å². The summed E-state index contributed by atoms with van der Waals surface area (Å²) >= 11 is 1.74. The smallest absolute Gasteiger partial charge is 0.102 e. The van der Waals surface area contributed by atoms with Crippen molar-refractivity contribution in [3.63, 3.8) is 0 Å². The first-order valence-electron chi connectivity index (χ1n) is 4.71. The monoisotopic (exact) mass is 201 g/mol. The molecule has 1 heterocycles. The first-order valence-corrected chi connectivity index (χ1v) is 5.59. The number of hydrogen-bond donors (Lipinski definition) is 1. The molecule has 0 fully saturated rings. The van der Waals surface area contributed by atoms with E-state index in [0.717, 1.165) is 12.8 Å². The molecule has 1 atom stereocenters. The van der Waals surface area contributed by atoms with Crippen LogP contribution < -0.4 is 5.32 Å². The minimum atomic E-state index is -0.286.